The van der Waals surface area contributed by atoms with E-state index < -0.39 is 0 Å². The van der Waals surface area contributed by atoms with Gasteiger partial charge in [-0.2, -0.15) is 11.8 Å². The summed E-state index contributed by atoms with van der Waals surface area (Å²) in [5, 5.41) is 0. The molecule has 1 atom stereocenters. The van der Waals surface area contributed by atoms with Crippen LogP contribution in [0.4, 0.5) is 4.39 Å². The zero-order chi connectivity index (χ0) is 12.8. The summed E-state index contributed by atoms with van der Waals surface area (Å²) in [4.78, 5) is 0. The van der Waals surface area contributed by atoms with Gasteiger partial charge in [0.15, 0.2) is 0 Å². The van der Waals surface area contributed by atoms with Crippen LogP contribution in [0.5, 0.6) is 0 Å². The maximum absolute atomic E-state index is 13.7. The van der Waals surface area contributed by atoms with E-state index in [-0.39, 0.29) is 11.9 Å². The van der Waals surface area contributed by atoms with Gasteiger partial charge in [0.2, 0.25) is 0 Å². The van der Waals surface area contributed by atoms with E-state index in [1.165, 1.54) is 6.07 Å². The summed E-state index contributed by atoms with van der Waals surface area (Å²) in [6, 6.07) is 4.76. The van der Waals surface area contributed by atoms with Gasteiger partial charge in [-0.05, 0) is 29.9 Å². The lowest BCUT2D eigenvalue weighted by Crippen LogP contribution is -2.30. The van der Waals surface area contributed by atoms with Gasteiger partial charge in [0.1, 0.15) is 5.82 Å². The summed E-state index contributed by atoms with van der Waals surface area (Å²) in [6.45, 7) is 4.33. The van der Waals surface area contributed by atoms with Gasteiger partial charge in [0, 0.05) is 15.8 Å². The maximum Gasteiger partial charge on any atom is 0.128 e. The highest BCUT2D eigenvalue weighted by atomic mass is 79.9. The molecular formula is C12H18BrFN2S. The molecule has 96 valence electrons. The first-order valence-electron chi connectivity index (χ1n) is 5.53. The molecule has 3 N–H and O–H groups in total. The highest BCUT2D eigenvalue weighted by Gasteiger charge is 2.15. The van der Waals surface area contributed by atoms with Gasteiger partial charge in [-0.25, -0.2) is 4.39 Å². The van der Waals surface area contributed by atoms with E-state index in [1.807, 2.05) is 0 Å². The summed E-state index contributed by atoms with van der Waals surface area (Å²) in [5.41, 5.74) is 3.29. The highest BCUT2D eigenvalue weighted by molar-refractivity contribution is 9.10. The van der Waals surface area contributed by atoms with Crippen molar-refractivity contribution in [3.8, 4) is 0 Å². The Kier molecular flexibility index (Phi) is 6.48. The minimum atomic E-state index is -0.221. The van der Waals surface area contributed by atoms with E-state index >= 15 is 0 Å². The molecule has 1 aromatic carbocycles. The lowest BCUT2D eigenvalue weighted by Gasteiger charge is -2.17. The van der Waals surface area contributed by atoms with E-state index in [1.54, 1.807) is 23.9 Å². The summed E-state index contributed by atoms with van der Waals surface area (Å²) < 4.78 is 14.5. The molecule has 1 aromatic rings. The average Bonchev–Trinajstić information content (AvgIpc) is 2.28. The summed E-state index contributed by atoms with van der Waals surface area (Å²) in [5.74, 6) is 7.72. The number of thioether (sulfide) groups is 1. The number of hydrogen-bond acceptors (Lipinski definition) is 3. The van der Waals surface area contributed by atoms with Crippen LogP contribution in [-0.2, 0) is 0 Å². The Balaban J connectivity index is 2.68. The van der Waals surface area contributed by atoms with Crippen LogP contribution in [0.2, 0.25) is 0 Å². The second kappa shape index (κ2) is 7.36. The van der Waals surface area contributed by atoms with Gasteiger partial charge in [-0.15, -0.1) is 0 Å². The Labute approximate surface area is 115 Å². The molecule has 5 heteroatoms. The molecule has 1 unspecified atom stereocenters. The van der Waals surface area contributed by atoms with Gasteiger partial charge in [0.25, 0.3) is 0 Å². The molecule has 0 saturated heterocycles. The minimum Gasteiger partial charge on any atom is -0.271 e. The van der Waals surface area contributed by atoms with Crippen LogP contribution < -0.4 is 11.3 Å². The molecule has 0 radical (unpaired) electrons. The second-order valence-electron chi connectivity index (χ2n) is 4.32. The fraction of sp³-hybridized carbons (Fsp3) is 0.500. The van der Waals surface area contributed by atoms with Crippen molar-refractivity contribution in [1.29, 1.82) is 0 Å². The molecule has 0 aliphatic rings. The van der Waals surface area contributed by atoms with Crippen LogP contribution in [0, 0.1) is 11.7 Å². The first-order valence-corrected chi connectivity index (χ1v) is 7.48. The van der Waals surface area contributed by atoms with Crippen molar-refractivity contribution < 1.29 is 4.39 Å². The molecule has 17 heavy (non-hydrogen) atoms. The predicted molar refractivity (Wildman–Crippen MR) is 76.3 cm³/mol. The number of halogens is 2. The lowest BCUT2D eigenvalue weighted by molar-refractivity contribution is 0.546. The van der Waals surface area contributed by atoms with Crippen LogP contribution in [0.15, 0.2) is 22.7 Å². The molecule has 1 rings (SSSR count). The zero-order valence-corrected chi connectivity index (χ0v) is 12.4. The lowest BCUT2D eigenvalue weighted by atomic mass is 10.1. The molecule has 0 spiro atoms. The van der Waals surface area contributed by atoms with Crippen molar-refractivity contribution in [2.45, 2.75) is 19.9 Å². The average molecular weight is 321 g/mol. The quantitative estimate of drug-likeness (QED) is 0.622. The van der Waals surface area contributed by atoms with Crippen LogP contribution >= 0.6 is 27.7 Å². The molecule has 0 aliphatic heterocycles. The van der Waals surface area contributed by atoms with E-state index in [0.717, 1.165) is 16.0 Å². The number of benzene rings is 1. The third-order valence-corrected chi connectivity index (χ3v) is 4.24. The fourth-order valence-electron chi connectivity index (χ4n) is 1.43. The number of hydrogen-bond donors (Lipinski definition) is 2. The topological polar surface area (TPSA) is 38.0 Å². The summed E-state index contributed by atoms with van der Waals surface area (Å²) in [6.07, 6.45) is 0. The first-order chi connectivity index (χ1) is 8.04. The van der Waals surface area contributed by atoms with Gasteiger partial charge >= 0.3 is 0 Å². The number of nitrogens with two attached hydrogens (primary N) is 1. The van der Waals surface area contributed by atoms with E-state index in [9.17, 15) is 4.39 Å². The van der Waals surface area contributed by atoms with Crippen LogP contribution in [-0.4, -0.2) is 11.5 Å². The molecule has 0 aromatic heterocycles. The van der Waals surface area contributed by atoms with Crippen LogP contribution in [0.1, 0.15) is 25.5 Å². The van der Waals surface area contributed by atoms with Gasteiger partial charge in [-0.3, -0.25) is 11.3 Å². The van der Waals surface area contributed by atoms with E-state index in [4.69, 9.17) is 5.84 Å². The summed E-state index contributed by atoms with van der Waals surface area (Å²) >= 11 is 5.12. The number of hydrazine groups is 1. The molecule has 2 nitrogen and oxygen atoms in total. The monoisotopic (exact) mass is 320 g/mol. The molecule has 0 bridgehead atoms. The fourth-order valence-corrected chi connectivity index (χ4v) is 2.93. The normalized spacial score (nSPS) is 13.1. The van der Waals surface area contributed by atoms with Gasteiger partial charge in [0.05, 0.1) is 6.04 Å². The smallest absolute Gasteiger partial charge is 0.128 e. The third kappa shape index (κ3) is 4.95. The highest BCUT2D eigenvalue weighted by Crippen LogP contribution is 2.24. The SMILES string of the molecule is CC(C)CSCC(NN)c1cc(Br)ccc1F. The van der Waals surface area contributed by atoms with Crippen molar-refractivity contribution in [1.82, 2.24) is 5.43 Å². The van der Waals surface area contributed by atoms with E-state index in [2.05, 4.69) is 35.2 Å². The Bertz CT molecular complexity index is 360. The molecule has 0 fully saturated rings. The predicted octanol–water partition coefficient (Wildman–Crippen LogP) is 3.48. The largest absolute Gasteiger partial charge is 0.271 e. The number of rotatable bonds is 6. The first kappa shape index (κ1) is 15.0. The summed E-state index contributed by atoms with van der Waals surface area (Å²) in [7, 11) is 0. The Morgan fingerprint density at radius 1 is 1.41 bits per heavy atom. The van der Waals surface area contributed by atoms with E-state index in [0.29, 0.717) is 11.5 Å². The third-order valence-electron chi connectivity index (χ3n) is 2.27. The number of nitrogens with one attached hydrogen (secondary N) is 1. The minimum absolute atomic E-state index is 0.156. The molecular weight excluding hydrogens is 303 g/mol. The van der Waals surface area contributed by atoms with Crippen LogP contribution in [0.3, 0.4) is 0 Å². The Morgan fingerprint density at radius 2 is 2.12 bits per heavy atom. The van der Waals surface area contributed by atoms with Crippen molar-refractivity contribution >= 4 is 27.7 Å². The molecule has 0 amide bonds. The maximum atomic E-state index is 13.7. The van der Waals surface area contributed by atoms with Crippen molar-refractivity contribution in [3.63, 3.8) is 0 Å². The Hall–Kier alpha value is -0.100. The van der Waals surface area contributed by atoms with Crippen molar-refractivity contribution in [3.05, 3.63) is 34.1 Å². The van der Waals surface area contributed by atoms with Gasteiger partial charge in [-0.1, -0.05) is 29.8 Å². The van der Waals surface area contributed by atoms with Crippen molar-refractivity contribution in [2.24, 2.45) is 11.8 Å². The van der Waals surface area contributed by atoms with Gasteiger partial charge < -0.3 is 0 Å². The van der Waals surface area contributed by atoms with Crippen molar-refractivity contribution in [2.75, 3.05) is 11.5 Å². The molecule has 0 heterocycles. The zero-order valence-electron chi connectivity index (χ0n) is 10.0. The molecule has 0 saturated carbocycles. The Morgan fingerprint density at radius 3 is 2.71 bits per heavy atom. The van der Waals surface area contributed by atoms with Crippen LogP contribution in [0.25, 0.3) is 0 Å². The second-order valence-corrected chi connectivity index (χ2v) is 6.31. The molecule has 0 aliphatic carbocycles. The standard InChI is InChI=1S/C12H18BrFN2S/c1-8(2)6-17-7-12(16-15)10-5-9(13)3-4-11(10)14/h3-5,8,12,16H,6-7,15H2,1-2H3.